The molecule has 1 amide bonds. The van der Waals surface area contributed by atoms with E-state index in [1.807, 2.05) is 30.3 Å². The third kappa shape index (κ3) is 4.87. The molecule has 0 saturated heterocycles. The van der Waals surface area contributed by atoms with Gasteiger partial charge in [-0.3, -0.25) is 9.48 Å². The Morgan fingerprint density at radius 3 is 2.43 bits per heavy atom. The van der Waals surface area contributed by atoms with Crippen LogP contribution in [0.3, 0.4) is 0 Å². The maximum absolute atomic E-state index is 13.8. The lowest BCUT2D eigenvalue weighted by molar-refractivity contribution is -0.142. The minimum absolute atomic E-state index is 0.0769. The van der Waals surface area contributed by atoms with Crippen molar-refractivity contribution in [3.05, 3.63) is 101 Å². The van der Waals surface area contributed by atoms with Gasteiger partial charge in [0.2, 0.25) is 0 Å². The van der Waals surface area contributed by atoms with Crippen LogP contribution in [0.4, 0.5) is 19.0 Å². The highest BCUT2D eigenvalue weighted by Crippen LogP contribution is 2.32. The number of carbonyl (C=O) groups is 1. The van der Waals surface area contributed by atoms with Crippen LogP contribution in [-0.2, 0) is 12.7 Å². The summed E-state index contributed by atoms with van der Waals surface area (Å²) in [5.74, 6) is -0.463. The van der Waals surface area contributed by atoms with Gasteiger partial charge in [0.1, 0.15) is 0 Å². The Labute approximate surface area is 201 Å². The molecule has 176 valence electrons. The van der Waals surface area contributed by atoms with E-state index in [1.165, 1.54) is 6.07 Å². The molecule has 0 saturated carbocycles. The first-order valence-electron chi connectivity index (χ1n) is 10.4. The Morgan fingerprint density at radius 1 is 0.971 bits per heavy atom. The summed E-state index contributed by atoms with van der Waals surface area (Å²) in [6, 6.07) is 19.5. The molecule has 0 fully saturated rings. The van der Waals surface area contributed by atoms with E-state index in [2.05, 4.69) is 20.5 Å². The second-order valence-corrected chi connectivity index (χ2v) is 8.11. The third-order valence-corrected chi connectivity index (χ3v) is 5.41. The number of alkyl halides is 3. The van der Waals surface area contributed by atoms with E-state index < -0.39 is 17.8 Å². The maximum Gasteiger partial charge on any atom is 0.433 e. The van der Waals surface area contributed by atoms with Gasteiger partial charge in [-0.25, -0.2) is 9.50 Å². The molecule has 35 heavy (non-hydrogen) atoms. The number of carbonyl (C=O) groups excluding carboxylic acids is 1. The van der Waals surface area contributed by atoms with Gasteiger partial charge < -0.3 is 5.32 Å². The fourth-order valence-corrected chi connectivity index (χ4v) is 3.65. The number of hydrogen-bond donors (Lipinski definition) is 1. The molecule has 0 aliphatic rings. The van der Waals surface area contributed by atoms with Crippen molar-refractivity contribution in [3.8, 4) is 11.3 Å². The molecule has 1 N–H and O–H groups in total. The SMILES string of the molecule is O=C(Nc1ccn(Cc2ccccc2)n1)c1cc2nc(-c3ccc(Cl)cc3)cc(C(F)(F)F)n2n1. The van der Waals surface area contributed by atoms with Crippen LogP contribution in [0.2, 0.25) is 5.02 Å². The first-order valence-corrected chi connectivity index (χ1v) is 10.8. The number of aromatic nitrogens is 5. The third-order valence-electron chi connectivity index (χ3n) is 5.16. The van der Waals surface area contributed by atoms with E-state index in [0.717, 1.165) is 11.6 Å². The number of anilines is 1. The summed E-state index contributed by atoms with van der Waals surface area (Å²) in [6.45, 7) is 0.497. The Morgan fingerprint density at radius 2 is 1.71 bits per heavy atom. The van der Waals surface area contributed by atoms with Crippen molar-refractivity contribution in [2.24, 2.45) is 0 Å². The van der Waals surface area contributed by atoms with E-state index in [-0.39, 0.29) is 22.9 Å². The monoisotopic (exact) mass is 496 g/mol. The first kappa shape index (κ1) is 22.6. The van der Waals surface area contributed by atoms with Crippen molar-refractivity contribution in [2.75, 3.05) is 5.32 Å². The molecule has 0 bridgehead atoms. The lowest BCUT2D eigenvalue weighted by Gasteiger charge is -2.11. The average molecular weight is 497 g/mol. The number of benzene rings is 2. The Kier molecular flexibility index (Phi) is 5.73. The van der Waals surface area contributed by atoms with Crippen LogP contribution in [-0.4, -0.2) is 30.3 Å². The minimum atomic E-state index is -4.72. The van der Waals surface area contributed by atoms with Crippen LogP contribution in [0, 0.1) is 0 Å². The molecule has 7 nitrogen and oxygen atoms in total. The van der Waals surface area contributed by atoms with Crippen molar-refractivity contribution >= 4 is 29.0 Å². The van der Waals surface area contributed by atoms with E-state index in [1.54, 1.807) is 41.2 Å². The second-order valence-electron chi connectivity index (χ2n) is 7.67. The van der Waals surface area contributed by atoms with Crippen molar-refractivity contribution in [1.82, 2.24) is 24.4 Å². The standard InChI is InChI=1S/C24H16ClF3N6O/c25-17-8-6-16(7-9-17)18-12-20(24(26,27)28)34-22(29-18)13-19(31-34)23(35)30-21-10-11-33(32-21)14-15-4-2-1-3-5-15/h1-13H,14H2,(H,30,32,35). The predicted molar refractivity (Wildman–Crippen MR) is 124 cm³/mol. The highest BCUT2D eigenvalue weighted by Gasteiger charge is 2.35. The van der Waals surface area contributed by atoms with Gasteiger partial charge in [0, 0.05) is 28.9 Å². The zero-order chi connectivity index (χ0) is 24.6. The van der Waals surface area contributed by atoms with Crippen LogP contribution < -0.4 is 5.32 Å². The highest BCUT2D eigenvalue weighted by atomic mass is 35.5. The van der Waals surface area contributed by atoms with E-state index >= 15 is 0 Å². The Hall–Kier alpha value is -4.18. The molecule has 0 radical (unpaired) electrons. The maximum atomic E-state index is 13.8. The predicted octanol–water partition coefficient (Wildman–Crippen LogP) is 5.57. The summed E-state index contributed by atoms with van der Waals surface area (Å²) in [7, 11) is 0. The van der Waals surface area contributed by atoms with Crippen molar-refractivity contribution in [3.63, 3.8) is 0 Å². The summed E-state index contributed by atoms with van der Waals surface area (Å²) < 4.78 is 43.6. The first-order chi connectivity index (χ1) is 16.8. The molecule has 2 aromatic carbocycles. The molecule has 0 aliphatic heterocycles. The van der Waals surface area contributed by atoms with Gasteiger partial charge >= 0.3 is 6.18 Å². The molecule has 0 aliphatic carbocycles. The van der Waals surface area contributed by atoms with Gasteiger partial charge in [0.05, 0.1) is 12.2 Å². The van der Waals surface area contributed by atoms with E-state index in [9.17, 15) is 18.0 Å². The van der Waals surface area contributed by atoms with E-state index in [0.29, 0.717) is 21.6 Å². The molecule has 5 aromatic rings. The van der Waals surface area contributed by atoms with Gasteiger partial charge in [0.25, 0.3) is 5.91 Å². The Balaban J connectivity index is 1.43. The van der Waals surface area contributed by atoms with Crippen LogP contribution in [0.1, 0.15) is 21.7 Å². The molecule has 3 aromatic heterocycles. The molecular weight excluding hydrogens is 481 g/mol. The fourth-order valence-electron chi connectivity index (χ4n) is 3.52. The number of halogens is 4. The number of amides is 1. The summed E-state index contributed by atoms with van der Waals surface area (Å²) in [4.78, 5) is 17.0. The van der Waals surface area contributed by atoms with E-state index in [4.69, 9.17) is 11.6 Å². The van der Waals surface area contributed by atoms with Crippen LogP contribution >= 0.6 is 11.6 Å². The van der Waals surface area contributed by atoms with Gasteiger partial charge in [-0.15, -0.1) is 0 Å². The smallest absolute Gasteiger partial charge is 0.304 e. The topological polar surface area (TPSA) is 77.1 Å². The van der Waals surface area contributed by atoms with Gasteiger partial charge in [-0.1, -0.05) is 54.1 Å². The number of rotatable bonds is 5. The molecule has 0 spiro atoms. The second kappa shape index (κ2) is 8.88. The Bertz CT molecular complexity index is 1510. The number of hydrogen-bond acceptors (Lipinski definition) is 4. The van der Waals surface area contributed by atoms with Gasteiger partial charge in [0.15, 0.2) is 22.9 Å². The molecule has 3 heterocycles. The summed E-state index contributed by atoms with van der Waals surface area (Å²) >= 11 is 5.88. The van der Waals surface area contributed by atoms with Crippen molar-refractivity contribution < 1.29 is 18.0 Å². The van der Waals surface area contributed by atoms with Gasteiger partial charge in [-0.2, -0.15) is 23.4 Å². The van der Waals surface area contributed by atoms with Crippen molar-refractivity contribution in [2.45, 2.75) is 12.7 Å². The molecule has 0 atom stereocenters. The van der Waals surface area contributed by atoms with Crippen LogP contribution in [0.5, 0.6) is 0 Å². The molecule has 0 unspecified atom stereocenters. The number of nitrogens with one attached hydrogen (secondary N) is 1. The molecule has 5 rings (SSSR count). The summed E-state index contributed by atoms with van der Waals surface area (Å²) in [6.07, 6.45) is -3.04. The summed E-state index contributed by atoms with van der Waals surface area (Å²) in [5, 5.41) is 11.2. The molecular formula is C24H16ClF3N6O. The quantitative estimate of drug-likeness (QED) is 0.345. The van der Waals surface area contributed by atoms with Crippen LogP contribution in [0.25, 0.3) is 16.9 Å². The largest absolute Gasteiger partial charge is 0.433 e. The normalized spacial score (nSPS) is 11.7. The zero-order valence-electron chi connectivity index (χ0n) is 17.9. The molecule has 11 heteroatoms. The fraction of sp³-hybridized carbons (Fsp3) is 0.0833. The van der Waals surface area contributed by atoms with Crippen LogP contribution in [0.15, 0.2) is 79.0 Å². The lowest BCUT2D eigenvalue weighted by atomic mass is 10.1. The highest BCUT2D eigenvalue weighted by molar-refractivity contribution is 6.30. The minimum Gasteiger partial charge on any atom is -0.304 e. The lowest BCUT2D eigenvalue weighted by Crippen LogP contribution is -2.16. The summed E-state index contributed by atoms with van der Waals surface area (Å²) in [5.41, 5.74) is 0.139. The van der Waals surface area contributed by atoms with Gasteiger partial charge in [-0.05, 0) is 23.8 Å². The number of fused-ring (bicyclic) bond motifs is 1. The van der Waals surface area contributed by atoms with Crippen molar-refractivity contribution in [1.29, 1.82) is 0 Å². The average Bonchev–Trinajstić information content (AvgIpc) is 3.45. The number of nitrogens with zero attached hydrogens (tertiary/aromatic N) is 5. The zero-order valence-corrected chi connectivity index (χ0v) is 18.6.